The smallest absolute Gasteiger partial charge is 0.372 e. The number of nitrogens with zero attached hydrogens (tertiary/aromatic N) is 1. The molecule has 0 saturated carbocycles. The Morgan fingerprint density at radius 1 is 0.735 bits per heavy atom. The number of carbonyl (C=O) groups excluding carboxylic acids is 2. The first-order chi connectivity index (χ1) is 16.5. The van der Waals surface area contributed by atoms with Crippen LogP contribution in [0.25, 0.3) is 10.8 Å². The third-order valence-electron chi connectivity index (χ3n) is 5.38. The number of aliphatic carboxylic acids is 1. The number of carboxylic acids is 1. The number of carbonyl (C=O) groups is 3. The Morgan fingerprint density at radius 2 is 1.47 bits per heavy atom. The van der Waals surface area contributed by atoms with Gasteiger partial charge in [-0.2, -0.15) is 0 Å². The Balaban J connectivity index is 1.60. The third-order valence-corrected chi connectivity index (χ3v) is 5.38. The molecule has 6 nitrogen and oxygen atoms in total. The van der Waals surface area contributed by atoms with Gasteiger partial charge in [0, 0.05) is 11.8 Å². The van der Waals surface area contributed by atoms with Crippen molar-refractivity contribution in [2.45, 2.75) is 19.6 Å². The molecule has 1 amide bonds. The highest BCUT2D eigenvalue weighted by molar-refractivity contribution is 6.36. The van der Waals surface area contributed by atoms with Gasteiger partial charge in [-0.1, -0.05) is 72.8 Å². The largest absolute Gasteiger partial charge is 0.489 e. The molecule has 0 saturated heterocycles. The first kappa shape index (κ1) is 22.7. The molecule has 0 fully saturated rings. The van der Waals surface area contributed by atoms with Crippen molar-refractivity contribution in [3.63, 3.8) is 0 Å². The van der Waals surface area contributed by atoms with Gasteiger partial charge in [0.15, 0.2) is 0 Å². The van der Waals surface area contributed by atoms with Crippen LogP contribution in [0.5, 0.6) is 5.75 Å². The minimum atomic E-state index is -1.63. The molecule has 0 atom stereocenters. The Bertz CT molecular complexity index is 1330. The molecule has 0 aliphatic heterocycles. The van der Waals surface area contributed by atoms with Gasteiger partial charge in [0.2, 0.25) is 11.7 Å². The van der Waals surface area contributed by atoms with Crippen molar-refractivity contribution >= 4 is 34.1 Å². The fourth-order valence-corrected chi connectivity index (χ4v) is 3.63. The highest BCUT2D eigenvalue weighted by Gasteiger charge is 2.23. The topological polar surface area (TPSA) is 83.9 Å². The molecule has 1 N–H and O–H groups in total. The summed E-state index contributed by atoms with van der Waals surface area (Å²) < 4.78 is 5.89. The lowest BCUT2D eigenvalue weighted by atomic mass is 10.1. The number of Topliss-reactive ketones (excluding diaryl/α,β-unsaturated/α-hetero) is 1. The zero-order valence-electron chi connectivity index (χ0n) is 18.4. The summed E-state index contributed by atoms with van der Waals surface area (Å²) in [6.07, 6.45) is -0.724. The van der Waals surface area contributed by atoms with Gasteiger partial charge in [-0.3, -0.25) is 9.59 Å². The Labute approximate surface area is 197 Å². The monoisotopic (exact) mass is 453 g/mol. The van der Waals surface area contributed by atoms with E-state index in [2.05, 4.69) is 0 Å². The second-order valence-corrected chi connectivity index (χ2v) is 7.84. The molecule has 0 aromatic heterocycles. The van der Waals surface area contributed by atoms with Gasteiger partial charge in [0.25, 0.3) is 0 Å². The van der Waals surface area contributed by atoms with Gasteiger partial charge in [-0.25, -0.2) is 4.79 Å². The van der Waals surface area contributed by atoms with Gasteiger partial charge >= 0.3 is 5.97 Å². The minimum Gasteiger partial charge on any atom is -0.489 e. The van der Waals surface area contributed by atoms with E-state index in [1.807, 2.05) is 72.8 Å². The number of benzene rings is 4. The van der Waals surface area contributed by atoms with E-state index in [-0.39, 0.29) is 6.54 Å². The molecule has 0 radical (unpaired) electrons. The van der Waals surface area contributed by atoms with Crippen molar-refractivity contribution in [1.82, 2.24) is 0 Å². The van der Waals surface area contributed by atoms with Crippen LogP contribution >= 0.6 is 0 Å². The van der Waals surface area contributed by atoms with Crippen LogP contribution in [-0.4, -0.2) is 22.8 Å². The zero-order valence-corrected chi connectivity index (χ0v) is 18.4. The summed E-state index contributed by atoms with van der Waals surface area (Å²) in [5.41, 5.74) is 2.37. The number of fused-ring (bicyclic) bond motifs is 1. The molecule has 4 aromatic carbocycles. The molecule has 170 valence electrons. The average Bonchev–Trinajstić information content (AvgIpc) is 2.86. The maximum absolute atomic E-state index is 13.0. The highest BCUT2D eigenvalue weighted by atomic mass is 16.5. The van der Waals surface area contributed by atoms with E-state index in [1.165, 1.54) is 4.90 Å². The average molecular weight is 453 g/mol. The molecular weight excluding hydrogens is 430 g/mol. The van der Waals surface area contributed by atoms with E-state index in [0.29, 0.717) is 18.0 Å². The Morgan fingerprint density at radius 3 is 2.24 bits per heavy atom. The number of amides is 1. The first-order valence-electron chi connectivity index (χ1n) is 10.8. The van der Waals surface area contributed by atoms with Crippen LogP contribution in [0.4, 0.5) is 5.69 Å². The number of hydrogen-bond donors (Lipinski definition) is 1. The van der Waals surface area contributed by atoms with Crippen LogP contribution in [0.3, 0.4) is 0 Å². The molecule has 4 rings (SSSR count). The summed E-state index contributed by atoms with van der Waals surface area (Å²) in [6.45, 7) is 0.541. The maximum Gasteiger partial charge on any atom is 0.372 e. The summed E-state index contributed by atoms with van der Waals surface area (Å²) >= 11 is 0. The quantitative estimate of drug-likeness (QED) is 0.285. The van der Waals surface area contributed by atoms with E-state index in [9.17, 15) is 14.4 Å². The second kappa shape index (κ2) is 10.4. The molecular formula is C28H23NO5. The van der Waals surface area contributed by atoms with Crippen LogP contribution < -0.4 is 9.64 Å². The van der Waals surface area contributed by atoms with Crippen molar-refractivity contribution in [3.05, 3.63) is 108 Å². The van der Waals surface area contributed by atoms with Crippen LogP contribution in [0.2, 0.25) is 0 Å². The van der Waals surface area contributed by atoms with Crippen LogP contribution in [0, 0.1) is 0 Å². The van der Waals surface area contributed by atoms with Crippen LogP contribution in [0.15, 0.2) is 97.1 Å². The van der Waals surface area contributed by atoms with Crippen molar-refractivity contribution in [2.75, 3.05) is 4.90 Å². The van der Waals surface area contributed by atoms with Gasteiger partial charge in [-0.15, -0.1) is 0 Å². The second-order valence-electron chi connectivity index (χ2n) is 7.84. The molecule has 0 aliphatic rings. The minimum absolute atomic E-state index is 0.179. The third kappa shape index (κ3) is 5.66. The van der Waals surface area contributed by atoms with Crippen LogP contribution in [0.1, 0.15) is 17.5 Å². The summed E-state index contributed by atoms with van der Waals surface area (Å²) in [6, 6.07) is 30.4. The maximum atomic E-state index is 13.0. The molecule has 34 heavy (non-hydrogen) atoms. The summed E-state index contributed by atoms with van der Waals surface area (Å²) in [5, 5.41) is 11.1. The Kier molecular flexibility index (Phi) is 6.98. The van der Waals surface area contributed by atoms with E-state index in [0.717, 1.165) is 21.9 Å². The van der Waals surface area contributed by atoms with Gasteiger partial charge in [0.05, 0.1) is 13.0 Å². The van der Waals surface area contributed by atoms with Gasteiger partial charge in [0.1, 0.15) is 12.4 Å². The lowest BCUT2D eigenvalue weighted by Gasteiger charge is -2.23. The summed E-state index contributed by atoms with van der Waals surface area (Å²) in [4.78, 5) is 37.2. The van der Waals surface area contributed by atoms with E-state index in [4.69, 9.17) is 9.84 Å². The number of rotatable bonds is 9. The fourth-order valence-electron chi connectivity index (χ4n) is 3.63. The van der Waals surface area contributed by atoms with E-state index < -0.39 is 24.1 Å². The summed E-state index contributed by atoms with van der Waals surface area (Å²) in [5.74, 6) is -2.81. The van der Waals surface area contributed by atoms with Crippen molar-refractivity contribution in [3.8, 4) is 5.75 Å². The molecule has 6 heteroatoms. The normalized spacial score (nSPS) is 10.6. The molecule has 4 aromatic rings. The SMILES string of the molecule is O=C(O)C(=O)CC(=O)N(Cc1ccc2ccccc2c1)c1cccc(OCc2ccccc2)c1. The molecule has 0 heterocycles. The van der Waals surface area contributed by atoms with Gasteiger partial charge in [-0.05, 0) is 40.1 Å². The summed E-state index contributed by atoms with van der Waals surface area (Å²) in [7, 11) is 0. The first-order valence-corrected chi connectivity index (χ1v) is 10.8. The number of ketones is 1. The molecule has 0 bridgehead atoms. The Hall–Kier alpha value is -4.45. The standard InChI is InChI=1S/C28H23NO5/c30-26(28(32)33)17-27(31)29(18-21-13-14-22-9-4-5-10-23(22)15-21)24-11-6-12-25(16-24)34-19-20-7-2-1-3-8-20/h1-16H,17-19H2,(H,32,33). The zero-order chi connectivity index (χ0) is 23.9. The molecule has 0 spiro atoms. The van der Waals surface area contributed by atoms with E-state index in [1.54, 1.807) is 24.3 Å². The van der Waals surface area contributed by atoms with Gasteiger partial charge < -0.3 is 14.7 Å². The van der Waals surface area contributed by atoms with E-state index >= 15 is 0 Å². The predicted molar refractivity (Wildman–Crippen MR) is 130 cm³/mol. The lowest BCUT2D eigenvalue weighted by Crippen LogP contribution is -2.33. The predicted octanol–water partition coefficient (Wildman–Crippen LogP) is 5.00. The highest BCUT2D eigenvalue weighted by Crippen LogP contribution is 2.26. The lowest BCUT2D eigenvalue weighted by molar-refractivity contribution is -0.150. The fraction of sp³-hybridized carbons (Fsp3) is 0.107. The number of carboxylic acid groups (broad SMARTS) is 1. The van der Waals surface area contributed by atoms with Crippen LogP contribution in [-0.2, 0) is 27.5 Å². The number of ether oxygens (including phenoxy) is 1. The number of anilines is 1. The number of hydrogen-bond acceptors (Lipinski definition) is 4. The molecule has 0 unspecified atom stereocenters. The van der Waals surface area contributed by atoms with Crippen molar-refractivity contribution in [1.29, 1.82) is 0 Å². The van der Waals surface area contributed by atoms with Crippen molar-refractivity contribution in [2.24, 2.45) is 0 Å². The molecule has 0 aliphatic carbocycles. The van der Waals surface area contributed by atoms with Crippen molar-refractivity contribution < 1.29 is 24.2 Å².